The molecule has 6 heteroatoms. The summed E-state index contributed by atoms with van der Waals surface area (Å²) in [6.07, 6.45) is 0. The fraction of sp³-hybridized carbons (Fsp3) is 0.556. The first kappa shape index (κ1) is 18.4. The van der Waals surface area contributed by atoms with Crippen LogP contribution in [0, 0.1) is 0 Å². The van der Waals surface area contributed by atoms with Crippen LogP contribution in [-0.2, 0) is 9.59 Å². The highest BCUT2D eigenvalue weighted by molar-refractivity contribution is 5.83. The molecule has 132 valence electrons. The van der Waals surface area contributed by atoms with Crippen LogP contribution < -0.4 is 0 Å². The van der Waals surface area contributed by atoms with E-state index in [2.05, 4.69) is 4.90 Å². The lowest BCUT2D eigenvalue weighted by molar-refractivity contribution is -0.138. The Morgan fingerprint density at radius 1 is 1.00 bits per heavy atom. The normalized spacial score (nSPS) is 17.0. The van der Waals surface area contributed by atoms with Crippen molar-refractivity contribution in [2.24, 2.45) is 0 Å². The number of likely N-dealkylation sites (N-methyl/N-ethyl adjacent to an activating group) is 2. The van der Waals surface area contributed by atoms with Gasteiger partial charge in [-0.1, -0.05) is 30.3 Å². The van der Waals surface area contributed by atoms with Crippen LogP contribution in [0.4, 0.5) is 0 Å². The standard InChI is InChI=1S/C18H28N4O2/c1-19(2)16(23)14-21-10-12-22(13-11-21)18(24)17(20(3)4)15-8-6-5-7-9-15/h5-9,17H,10-14H2,1-4H3/t17-/m1/s1. The van der Waals surface area contributed by atoms with Crippen LogP contribution >= 0.6 is 0 Å². The van der Waals surface area contributed by atoms with Crippen molar-refractivity contribution in [3.05, 3.63) is 35.9 Å². The summed E-state index contributed by atoms with van der Waals surface area (Å²) in [7, 11) is 7.40. The van der Waals surface area contributed by atoms with Crippen molar-refractivity contribution in [3.8, 4) is 0 Å². The van der Waals surface area contributed by atoms with Gasteiger partial charge in [0.15, 0.2) is 0 Å². The lowest BCUT2D eigenvalue weighted by Gasteiger charge is -2.37. The fourth-order valence-electron chi connectivity index (χ4n) is 2.93. The smallest absolute Gasteiger partial charge is 0.244 e. The third-order valence-electron chi connectivity index (χ3n) is 4.41. The number of amides is 2. The van der Waals surface area contributed by atoms with Crippen molar-refractivity contribution in [1.82, 2.24) is 19.6 Å². The average Bonchev–Trinajstić information content (AvgIpc) is 2.56. The summed E-state index contributed by atoms with van der Waals surface area (Å²) in [6, 6.07) is 9.61. The van der Waals surface area contributed by atoms with Crippen LogP contribution in [0.5, 0.6) is 0 Å². The molecule has 1 aliphatic heterocycles. The van der Waals surface area contributed by atoms with E-state index >= 15 is 0 Å². The van der Waals surface area contributed by atoms with Gasteiger partial charge in [-0.3, -0.25) is 19.4 Å². The van der Waals surface area contributed by atoms with E-state index in [-0.39, 0.29) is 17.9 Å². The maximum Gasteiger partial charge on any atom is 0.244 e. The van der Waals surface area contributed by atoms with Gasteiger partial charge in [0, 0.05) is 40.3 Å². The van der Waals surface area contributed by atoms with E-state index < -0.39 is 0 Å². The Morgan fingerprint density at radius 3 is 2.08 bits per heavy atom. The van der Waals surface area contributed by atoms with Crippen molar-refractivity contribution < 1.29 is 9.59 Å². The minimum Gasteiger partial charge on any atom is -0.348 e. The highest BCUT2D eigenvalue weighted by Gasteiger charge is 2.30. The Bertz CT molecular complexity index is 551. The molecule has 1 heterocycles. The summed E-state index contributed by atoms with van der Waals surface area (Å²) >= 11 is 0. The number of piperazine rings is 1. The number of carbonyl (C=O) groups excluding carboxylic acids is 2. The zero-order valence-corrected chi connectivity index (χ0v) is 15.1. The van der Waals surface area contributed by atoms with Gasteiger partial charge >= 0.3 is 0 Å². The van der Waals surface area contributed by atoms with Gasteiger partial charge in [-0.05, 0) is 19.7 Å². The van der Waals surface area contributed by atoms with Crippen molar-refractivity contribution in [1.29, 1.82) is 0 Å². The molecular weight excluding hydrogens is 304 g/mol. The minimum absolute atomic E-state index is 0.102. The molecule has 0 saturated carbocycles. The van der Waals surface area contributed by atoms with E-state index in [1.54, 1.807) is 19.0 Å². The first-order valence-corrected chi connectivity index (χ1v) is 8.33. The summed E-state index contributed by atoms with van der Waals surface area (Å²) in [6.45, 7) is 3.22. The first-order valence-electron chi connectivity index (χ1n) is 8.33. The summed E-state index contributed by atoms with van der Waals surface area (Å²) in [5.74, 6) is 0.231. The second-order valence-electron chi connectivity index (χ2n) is 6.67. The van der Waals surface area contributed by atoms with Crippen molar-refractivity contribution in [3.63, 3.8) is 0 Å². The molecule has 2 rings (SSSR count). The lowest BCUT2D eigenvalue weighted by Crippen LogP contribution is -2.53. The maximum atomic E-state index is 13.0. The van der Waals surface area contributed by atoms with Crippen molar-refractivity contribution in [2.75, 3.05) is 60.9 Å². The number of hydrogen-bond acceptors (Lipinski definition) is 4. The molecule has 1 aromatic carbocycles. The van der Waals surface area contributed by atoms with Crippen LogP contribution in [0.2, 0.25) is 0 Å². The SMILES string of the molecule is CN(C)C(=O)CN1CCN(C(=O)[C@@H](c2ccccc2)N(C)C)CC1. The Morgan fingerprint density at radius 2 is 1.58 bits per heavy atom. The van der Waals surface area contributed by atoms with E-state index in [0.29, 0.717) is 19.6 Å². The van der Waals surface area contributed by atoms with Gasteiger partial charge in [-0.2, -0.15) is 0 Å². The van der Waals surface area contributed by atoms with E-state index in [1.165, 1.54) is 0 Å². The Kier molecular flexibility index (Phi) is 6.34. The van der Waals surface area contributed by atoms with Gasteiger partial charge in [0.05, 0.1) is 6.54 Å². The summed E-state index contributed by atoms with van der Waals surface area (Å²) < 4.78 is 0. The van der Waals surface area contributed by atoms with Gasteiger partial charge in [-0.25, -0.2) is 0 Å². The van der Waals surface area contributed by atoms with Crippen molar-refractivity contribution in [2.45, 2.75) is 6.04 Å². The Balaban J connectivity index is 1.97. The average molecular weight is 332 g/mol. The van der Waals surface area contributed by atoms with Crippen LogP contribution in [-0.4, -0.2) is 92.3 Å². The van der Waals surface area contributed by atoms with Gasteiger partial charge in [-0.15, -0.1) is 0 Å². The molecule has 6 nitrogen and oxygen atoms in total. The maximum absolute atomic E-state index is 13.0. The first-order chi connectivity index (χ1) is 11.4. The predicted octanol–water partition coefficient (Wildman–Crippen LogP) is 0.522. The number of nitrogens with zero attached hydrogens (tertiary/aromatic N) is 4. The van der Waals surface area contributed by atoms with Gasteiger partial charge in [0.1, 0.15) is 6.04 Å². The molecule has 1 aliphatic rings. The molecule has 0 bridgehead atoms. The Labute approximate surface area is 144 Å². The molecule has 2 amide bonds. The second-order valence-corrected chi connectivity index (χ2v) is 6.67. The molecule has 0 radical (unpaired) electrons. The quantitative estimate of drug-likeness (QED) is 0.789. The molecule has 1 aromatic rings. The second kappa shape index (κ2) is 8.26. The van der Waals surface area contributed by atoms with E-state index in [0.717, 1.165) is 18.7 Å². The van der Waals surface area contributed by atoms with Crippen LogP contribution in [0.25, 0.3) is 0 Å². The summed E-state index contributed by atoms with van der Waals surface area (Å²) in [5.41, 5.74) is 1.01. The van der Waals surface area contributed by atoms with Crippen LogP contribution in [0.15, 0.2) is 30.3 Å². The van der Waals surface area contributed by atoms with E-state index in [4.69, 9.17) is 0 Å². The van der Waals surface area contributed by atoms with Crippen LogP contribution in [0.3, 0.4) is 0 Å². The highest BCUT2D eigenvalue weighted by Crippen LogP contribution is 2.21. The van der Waals surface area contributed by atoms with Gasteiger partial charge in [0.2, 0.25) is 11.8 Å². The molecule has 0 unspecified atom stereocenters. The lowest BCUT2D eigenvalue weighted by atomic mass is 10.0. The third kappa shape index (κ3) is 4.55. The molecule has 0 N–H and O–H groups in total. The molecule has 0 aromatic heterocycles. The number of carbonyl (C=O) groups is 2. The molecule has 24 heavy (non-hydrogen) atoms. The topological polar surface area (TPSA) is 47.1 Å². The Hall–Kier alpha value is -1.92. The monoisotopic (exact) mass is 332 g/mol. The summed E-state index contributed by atoms with van der Waals surface area (Å²) in [5, 5.41) is 0. The van der Waals surface area contributed by atoms with Gasteiger partial charge in [0.25, 0.3) is 0 Å². The predicted molar refractivity (Wildman–Crippen MR) is 94.6 cm³/mol. The number of rotatable bonds is 5. The van der Waals surface area contributed by atoms with E-state index in [1.807, 2.05) is 54.2 Å². The largest absolute Gasteiger partial charge is 0.348 e. The van der Waals surface area contributed by atoms with E-state index in [9.17, 15) is 9.59 Å². The van der Waals surface area contributed by atoms with Gasteiger partial charge < -0.3 is 9.80 Å². The zero-order chi connectivity index (χ0) is 17.7. The minimum atomic E-state index is -0.263. The van der Waals surface area contributed by atoms with Crippen molar-refractivity contribution >= 4 is 11.8 Å². The molecule has 0 aliphatic carbocycles. The molecule has 1 atom stereocenters. The third-order valence-corrected chi connectivity index (χ3v) is 4.41. The fourth-order valence-corrected chi connectivity index (χ4v) is 2.93. The molecule has 1 saturated heterocycles. The number of benzene rings is 1. The molecule has 1 fully saturated rings. The van der Waals surface area contributed by atoms with Crippen LogP contribution in [0.1, 0.15) is 11.6 Å². The zero-order valence-electron chi connectivity index (χ0n) is 15.1. The summed E-state index contributed by atoms with van der Waals surface area (Å²) in [4.78, 5) is 32.4. The number of hydrogen-bond donors (Lipinski definition) is 0. The molecule has 0 spiro atoms. The molecular formula is C18H28N4O2. The highest BCUT2D eigenvalue weighted by atomic mass is 16.2.